The summed E-state index contributed by atoms with van der Waals surface area (Å²) in [6.45, 7) is 5.78. The molecule has 2 unspecified atom stereocenters. The first kappa shape index (κ1) is 6.84. The summed E-state index contributed by atoms with van der Waals surface area (Å²) in [5, 5.41) is 0. The summed E-state index contributed by atoms with van der Waals surface area (Å²) in [4.78, 5) is 11.2. The Morgan fingerprint density at radius 1 is 1.64 bits per heavy atom. The Kier molecular flexibility index (Phi) is 1.28. The van der Waals surface area contributed by atoms with E-state index in [1.54, 1.807) is 0 Å². The van der Waals surface area contributed by atoms with Crippen LogP contribution in [0, 0.1) is 11.8 Å². The van der Waals surface area contributed by atoms with Crippen LogP contribution in [0.5, 0.6) is 0 Å². The Hall–Kier alpha value is -0.850. The van der Waals surface area contributed by atoms with E-state index in [-0.39, 0.29) is 5.92 Å². The summed E-state index contributed by atoms with van der Waals surface area (Å²) in [5.74, 6) is 1.05. The first-order valence-corrected chi connectivity index (χ1v) is 4.10. The van der Waals surface area contributed by atoms with Crippen LogP contribution in [-0.4, -0.2) is 5.78 Å². The lowest BCUT2D eigenvalue weighted by molar-refractivity contribution is -0.130. The quantitative estimate of drug-likeness (QED) is 0.548. The van der Waals surface area contributed by atoms with Crippen LogP contribution in [0.15, 0.2) is 23.8 Å². The maximum atomic E-state index is 11.2. The molecule has 0 aromatic carbocycles. The van der Waals surface area contributed by atoms with Crippen LogP contribution in [0.2, 0.25) is 0 Å². The molecule has 0 aliphatic heterocycles. The summed E-state index contributed by atoms with van der Waals surface area (Å²) in [6.07, 6.45) is 3.90. The largest absolute Gasteiger partial charge is 0.298 e. The van der Waals surface area contributed by atoms with Gasteiger partial charge in [0.25, 0.3) is 0 Å². The van der Waals surface area contributed by atoms with Gasteiger partial charge in [0.1, 0.15) is 5.78 Å². The molecule has 1 heteroatoms. The van der Waals surface area contributed by atoms with Gasteiger partial charge in [-0.15, -0.1) is 6.58 Å². The maximum absolute atomic E-state index is 11.2. The highest BCUT2D eigenvalue weighted by Gasteiger charge is 2.49. The van der Waals surface area contributed by atoms with Crippen LogP contribution in [0.3, 0.4) is 0 Å². The summed E-state index contributed by atoms with van der Waals surface area (Å²) >= 11 is 0. The molecule has 3 aliphatic rings. The molecule has 2 bridgehead atoms. The molecule has 0 aromatic heterocycles. The van der Waals surface area contributed by atoms with Crippen molar-refractivity contribution in [3.8, 4) is 0 Å². The van der Waals surface area contributed by atoms with E-state index < -0.39 is 0 Å². The molecule has 1 saturated carbocycles. The zero-order chi connectivity index (χ0) is 8.01. The molecule has 0 radical (unpaired) electrons. The van der Waals surface area contributed by atoms with Crippen LogP contribution in [0.4, 0.5) is 0 Å². The predicted octanol–water partition coefficient (Wildman–Crippen LogP) is 2.10. The Bertz CT molecular complexity index is 260. The lowest BCUT2D eigenvalue weighted by atomic mass is 9.78. The molecule has 1 fully saturated rings. The van der Waals surface area contributed by atoms with E-state index in [1.807, 2.05) is 6.08 Å². The van der Waals surface area contributed by atoms with Crippen molar-refractivity contribution in [3.05, 3.63) is 23.8 Å². The van der Waals surface area contributed by atoms with Gasteiger partial charge in [0.15, 0.2) is 0 Å². The Morgan fingerprint density at radius 2 is 2.36 bits per heavy atom. The molecule has 0 aromatic rings. The van der Waals surface area contributed by atoms with Crippen molar-refractivity contribution < 1.29 is 4.79 Å². The molecule has 0 heterocycles. The molecule has 0 N–H and O–H groups in total. The van der Waals surface area contributed by atoms with Crippen molar-refractivity contribution in [1.82, 2.24) is 0 Å². The Balaban J connectivity index is 2.26. The minimum absolute atomic E-state index is 0.290. The van der Waals surface area contributed by atoms with Gasteiger partial charge in [0.05, 0.1) is 0 Å². The molecule has 3 rings (SSSR count). The molecule has 0 amide bonds. The number of carbonyl (C=O) groups excluding carboxylic acids is 1. The van der Waals surface area contributed by atoms with Crippen LogP contribution < -0.4 is 0 Å². The minimum Gasteiger partial charge on any atom is -0.298 e. The molecule has 11 heavy (non-hydrogen) atoms. The molecule has 3 aliphatic carbocycles. The van der Waals surface area contributed by atoms with Crippen molar-refractivity contribution in [2.45, 2.75) is 19.8 Å². The Morgan fingerprint density at radius 3 is 2.73 bits per heavy atom. The van der Waals surface area contributed by atoms with Crippen LogP contribution in [0.25, 0.3) is 0 Å². The maximum Gasteiger partial charge on any atom is 0.147 e. The molecule has 1 nitrogen and oxygen atoms in total. The number of ketones is 1. The molecule has 0 saturated heterocycles. The molecule has 58 valence electrons. The third-order valence-corrected chi connectivity index (χ3v) is 2.97. The lowest BCUT2D eigenvalue weighted by Gasteiger charge is -2.23. The van der Waals surface area contributed by atoms with Gasteiger partial charge in [-0.3, -0.25) is 4.79 Å². The van der Waals surface area contributed by atoms with Crippen molar-refractivity contribution in [1.29, 1.82) is 0 Å². The number of rotatable bonds is 2. The van der Waals surface area contributed by atoms with E-state index in [9.17, 15) is 4.79 Å². The Labute approximate surface area is 66.8 Å². The molecule has 0 spiro atoms. The smallest absolute Gasteiger partial charge is 0.147 e. The lowest BCUT2D eigenvalue weighted by Crippen LogP contribution is -2.30. The van der Waals surface area contributed by atoms with Gasteiger partial charge in [0, 0.05) is 11.8 Å². The number of allylic oxidation sites excluding steroid dienone is 3. The van der Waals surface area contributed by atoms with Gasteiger partial charge in [-0.1, -0.05) is 17.2 Å². The van der Waals surface area contributed by atoms with Crippen LogP contribution in [-0.2, 0) is 4.79 Å². The topological polar surface area (TPSA) is 17.1 Å². The van der Waals surface area contributed by atoms with E-state index in [0.717, 1.165) is 12.8 Å². The number of carbonyl (C=O) groups is 1. The van der Waals surface area contributed by atoms with E-state index >= 15 is 0 Å². The highest BCUT2D eigenvalue weighted by Crippen LogP contribution is 2.50. The minimum atomic E-state index is 0.290. The standard InChI is InChI=1S/C10H12O/c1-3-4-7-6(2)8-5-9(7)10(8)11/h3,8-9H,1,4-5H2,2H3. The summed E-state index contributed by atoms with van der Waals surface area (Å²) in [5.41, 5.74) is 2.69. The zero-order valence-corrected chi connectivity index (χ0v) is 6.76. The normalized spacial score (nSPS) is 34.1. The van der Waals surface area contributed by atoms with Crippen molar-refractivity contribution >= 4 is 5.78 Å². The van der Waals surface area contributed by atoms with E-state index in [1.165, 1.54) is 11.1 Å². The third kappa shape index (κ3) is 0.684. The predicted molar refractivity (Wildman–Crippen MR) is 44.1 cm³/mol. The fourth-order valence-electron chi connectivity index (χ4n) is 2.21. The van der Waals surface area contributed by atoms with E-state index in [2.05, 4.69) is 13.5 Å². The monoisotopic (exact) mass is 148 g/mol. The average Bonchev–Trinajstić information content (AvgIpc) is 2.39. The number of hydrogen-bond acceptors (Lipinski definition) is 1. The highest BCUT2D eigenvalue weighted by atomic mass is 16.1. The average molecular weight is 148 g/mol. The highest BCUT2D eigenvalue weighted by molar-refractivity contribution is 5.97. The first-order valence-electron chi connectivity index (χ1n) is 4.10. The summed E-state index contributed by atoms with van der Waals surface area (Å²) in [6, 6.07) is 0. The fourth-order valence-corrected chi connectivity index (χ4v) is 2.21. The third-order valence-electron chi connectivity index (χ3n) is 2.97. The number of Topliss-reactive ketones (excluding diaryl/α,β-unsaturated/α-hetero) is 1. The number of hydrogen-bond donors (Lipinski definition) is 0. The van der Waals surface area contributed by atoms with Gasteiger partial charge in [-0.05, 0) is 19.8 Å². The van der Waals surface area contributed by atoms with Gasteiger partial charge in [-0.2, -0.15) is 0 Å². The van der Waals surface area contributed by atoms with Gasteiger partial charge in [-0.25, -0.2) is 0 Å². The van der Waals surface area contributed by atoms with E-state index in [0.29, 0.717) is 11.7 Å². The molecular formula is C10H12O. The second-order valence-electron chi connectivity index (χ2n) is 3.44. The summed E-state index contributed by atoms with van der Waals surface area (Å²) < 4.78 is 0. The van der Waals surface area contributed by atoms with Crippen LogP contribution in [0.1, 0.15) is 19.8 Å². The second kappa shape index (κ2) is 2.07. The van der Waals surface area contributed by atoms with Gasteiger partial charge >= 0.3 is 0 Å². The van der Waals surface area contributed by atoms with Gasteiger partial charge in [0.2, 0.25) is 0 Å². The SMILES string of the molecule is C=CCC1=C(C)C2CC1C2=O. The van der Waals surface area contributed by atoms with E-state index in [4.69, 9.17) is 0 Å². The fraction of sp³-hybridized carbons (Fsp3) is 0.500. The van der Waals surface area contributed by atoms with Gasteiger partial charge < -0.3 is 0 Å². The van der Waals surface area contributed by atoms with Crippen molar-refractivity contribution in [2.75, 3.05) is 0 Å². The second-order valence-corrected chi connectivity index (χ2v) is 3.44. The zero-order valence-electron chi connectivity index (χ0n) is 6.76. The van der Waals surface area contributed by atoms with Crippen LogP contribution >= 0.6 is 0 Å². The first-order chi connectivity index (χ1) is 5.25. The van der Waals surface area contributed by atoms with Crippen molar-refractivity contribution in [2.24, 2.45) is 11.8 Å². The van der Waals surface area contributed by atoms with Crippen molar-refractivity contribution in [3.63, 3.8) is 0 Å². The molecule has 2 atom stereocenters. The molecular weight excluding hydrogens is 136 g/mol. The summed E-state index contributed by atoms with van der Waals surface area (Å²) in [7, 11) is 0.